The zero-order chi connectivity index (χ0) is 16.9. The first-order chi connectivity index (χ1) is 11.7. The van der Waals surface area contributed by atoms with Gasteiger partial charge < -0.3 is 5.32 Å². The molecule has 2 aromatic carbocycles. The number of H-pyrrole nitrogens is 1. The number of carbonyl (C=O) groups excluding carboxylic acids is 1. The Morgan fingerprint density at radius 2 is 2.04 bits per heavy atom. The fourth-order valence-electron chi connectivity index (χ4n) is 2.45. The zero-order valence-corrected chi connectivity index (χ0v) is 14.3. The fourth-order valence-corrected chi connectivity index (χ4v) is 2.88. The predicted octanol–water partition coefficient (Wildman–Crippen LogP) is 4.29. The molecule has 4 nitrogen and oxygen atoms in total. The fraction of sp³-hybridized carbons (Fsp3) is 0.111. The Balaban J connectivity index is 1.74. The molecule has 0 saturated heterocycles. The molecule has 1 amide bonds. The lowest BCUT2D eigenvalue weighted by molar-refractivity contribution is -0.115. The second kappa shape index (κ2) is 7.40. The molecule has 1 aromatic heterocycles. The molecule has 6 heteroatoms. The number of rotatable bonds is 5. The summed E-state index contributed by atoms with van der Waals surface area (Å²) < 4.78 is 13.2. The van der Waals surface area contributed by atoms with Crippen LogP contribution >= 0.6 is 15.9 Å². The minimum atomic E-state index is -0.344. The summed E-state index contributed by atoms with van der Waals surface area (Å²) in [5, 5.41) is 10.5. The third-order valence-corrected chi connectivity index (χ3v) is 4.15. The van der Waals surface area contributed by atoms with Gasteiger partial charge in [-0.25, -0.2) is 4.39 Å². The van der Waals surface area contributed by atoms with Crippen molar-refractivity contribution >= 4 is 27.5 Å². The lowest BCUT2D eigenvalue weighted by atomic mass is 10.1. The van der Waals surface area contributed by atoms with Gasteiger partial charge in [-0.3, -0.25) is 9.89 Å². The van der Waals surface area contributed by atoms with Crippen LogP contribution < -0.4 is 5.32 Å². The molecule has 3 aromatic rings. The van der Waals surface area contributed by atoms with Gasteiger partial charge in [0.15, 0.2) is 0 Å². The molecule has 1 heterocycles. The maximum Gasteiger partial charge on any atom is 0.228 e. The maximum absolute atomic E-state index is 13.2. The summed E-state index contributed by atoms with van der Waals surface area (Å²) in [5.41, 5.74) is 4.21. The van der Waals surface area contributed by atoms with Gasteiger partial charge in [0, 0.05) is 22.1 Å². The van der Waals surface area contributed by atoms with Crippen LogP contribution in [-0.4, -0.2) is 16.1 Å². The van der Waals surface area contributed by atoms with Gasteiger partial charge in [0.25, 0.3) is 0 Å². The number of halogens is 2. The van der Waals surface area contributed by atoms with E-state index in [4.69, 9.17) is 0 Å². The van der Waals surface area contributed by atoms with E-state index < -0.39 is 0 Å². The first-order valence-electron chi connectivity index (χ1n) is 7.38. The molecular weight excluding hydrogens is 373 g/mol. The topological polar surface area (TPSA) is 57.8 Å². The van der Waals surface area contributed by atoms with Crippen molar-refractivity contribution in [2.75, 3.05) is 5.32 Å². The first-order valence-corrected chi connectivity index (χ1v) is 8.51. The van der Waals surface area contributed by atoms with Crippen LogP contribution in [0.5, 0.6) is 0 Å². The van der Waals surface area contributed by atoms with Gasteiger partial charge in [0.1, 0.15) is 5.82 Å². The monoisotopic (exact) mass is 387 g/mol. The standard InChI is InChI=1S/C18H15BrFN3O/c19-10-14-11-21-23-18(14)13-4-2-6-16(9-13)22-17(24)8-12-3-1-5-15(20)7-12/h1-7,9,11H,8,10H2,(H,21,23)(H,22,24). The molecule has 0 saturated carbocycles. The molecule has 0 aliphatic heterocycles. The van der Waals surface area contributed by atoms with E-state index in [-0.39, 0.29) is 18.1 Å². The van der Waals surface area contributed by atoms with E-state index in [1.54, 1.807) is 18.3 Å². The van der Waals surface area contributed by atoms with Crippen molar-refractivity contribution in [1.29, 1.82) is 0 Å². The summed E-state index contributed by atoms with van der Waals surface area (Å²) in [6.07, 6.45) is 1.89. The third kappa shape index (κ3) is 3.89. The summed E-state index contributed by atoms with van der Waals surface area (Å²) in [5.74, 6) is -0.535. The highest BCUT2D eigenvalue weighted by molar-refractivity contribution is 9.08. The van der Waals surface area contributed by atoms with Gasteiger partial charge in [-0.05, 0) is 29.8 Å². The largest absolute Gasteiger partial charge is 0.326 e. The van der Waals surface area contributed by atoms with Crippen LogP contribution in [0.4, 0.5) is 10.1 Å². The van der Waals surface area contributed by atoms with Crippen molar-refractivity contribution in [3.05, 3.63) is 71.7 Å². The van der Waals surface area contributed by atoms with Gasteiger partial charge in [-0.15, -0.1) is 0 Å². The number of alkyl halides is 1. The number of aromatic amines is 1. The summed E-state index contributed by atoms with van der Waals surface area (Å²) in [7, 11) is 0. The summed E-state index contributed by atoms with van der Waals surface area (Å²) in [6.45, 7) is 0. The predicted molar refractivity (Wildman–Crippen MR) is 95.4 cm³/mol. The number of nitrogens with zero attached hydrogens (tertiary/aromatic N) is 1. The van der Waals surface area contributed by atoms with E-state index in [2.05, 4.69) is 31.4 Å². The van der Waals surface area contributed by atoms with Crippen LogP contribution in [0.25, 0.3) is 11.3 Å². The van der Waals surface area contributed by atoms with Crippen LogP contribution in [0.2, 0.25) is 0 Å². The Morgan fingerprint density at radius 3 is 2.83 bits per heavy atom. The number of aromatic nitrogens is 2. The molecule has 0 unspecified atom stereocenters. The van der Waals surface area contributed by atoms with Crippen LogP contribution in [0.1, 0.15) is 11.1 Å². The average Bonchev–Trinajstić information content (AvgIpc) is 3.03. The summed E-state index contributed by atoms with van der Waals surface area (Å²) >= 11 is 3.43. The number of amides is 1. The quantitative estimate of drug-likeness (QED) is 0.641. The van der Waals surface area contributed by atoms with Crippen molar-refractivity contribution in [2.24, 2.45) is 0 Å². The van der Waals surface area contributed by atoms with E-state index in [0.29, 0.717) is 16.6 Å². The number of hydrogen-bond donors (Lipinski definition) is 2. The van der Waals surface area contributed by atoms with Crippen LogP contribution in [0.3, 0.4) is 0 Å². The van der Waals surface area contributed by atoms with Crippen LogP contribution in [-0.2, 0) is 16.5 Å². The Bertz CT molecular complexity index is 863. The highest BCUT2D eigenvalue weighted by Gasteiger charge is 2.09. The molecule has 0 aliphatic carbocycles. The molecule has 0 radical (unpaired) electrons. The second-order valence-corrected chi connectivity index (χ2v) is 5.90. The van der Waals surface area contributed by atoms with Crippen molar-refractivity contribution < 1.29 is 9.18 Å². The molecule has 122 valence electrons. The molecule has 0 spiro atoms. The molecule has 0 bridgehead atoms. The van der Waals surface area contributed by atoms with Crippen molar-refractivity contribution in [3.63, 3.8) is 0 Å². The molecule has 0 atom stereocenters. The average molecular weight is 388 g/mol. The minimum absolute atomic E-state index is 0.124. The normalized spacial score (nSPS) is 10.6. The summed E-state index contributed by atoms with van der Waals surface area (Å²) in [6, 6.07) is 13.6. The highest BCUT2D eigenvalue weighted by Crippen LogP contribution is 2.25. The van der Waals surface area contributed by atoms with Crippen molar-refractivity contribution in [3.8, 4) is 11.3 Å². The molecular formula is C18H15BrFN3O. The lowest BCUT2D eigenvalue weighted by Gasteiger charge is -2.08. The Morgan fingerprint density at radius 1 is 1.21 bits per heavy atom. The Kier molecular flexibility index (Phi) is 5.05. The van der Waals surface area contributed by atoms with E-state index >= 15 is 0 Å². The van der Waals surface area contributed by atoms with E-state index in [1.807, 2.05) is 24.3 Å². The molecule has 3 rings (SSSR count). The summed E-state index contributed by atoms with van der Waals surface area (Å²) in [4.78, 5) is 12.2. The van der Waals surface area contributed by atoms with E-state index in [1.165, 1.54) is 12.1 Å². The highest BCUT2D eigenvalue weighted by atomic mass is 79.9. The Labute approximate surface area is 147 Å². The second-order valence-electron chi connectivity index (χ2n) is 5.34. The van der Waals surface area contributed by atoms with Crippen molar-refractivity contribution in [1.82, 2.24) is 10.2 Å². The van der Waals surface area contributed by atoms with Gasteiger partial charge in [-0.1, -0.05) is 40.2 Å². The molecule has 0 fully saturated rings. The van der Waals surface area contributed by atoms with Gasteiger partial charge in [-0.2, -0.15) is 5.10 Å². The van der Waals surface area contributed by atoms with Gasteiger partial charge in [0.05, 0.1) is 18.3 Å². The lowest BCUT2D eigenvalue weighted by Crippen LogP contribution is -2.14. The number of benzene rings is 2. The maximum atomic E-state index is 13.2. The van der Waals surface area contributed by atoms with Gasteiger partial charge >= 0.3 is 0 Å². The number of carbonyl (C=O) groups is 1. The molecule has 2 N–H and O–H groups in total. The number of hydrogen-bond acceptors (Lipinski definition) is 2. The Hall–Kier alpha value is -2.47. The van der Waals surface area contributed by atoms with E-state index in [9.17, 15) is 9.18 Å². The van der Waals surface area contributed by atoms with E-state index in [0.717, 1.165) is 16.8 Å². The SMILES string of the molecule is O=C(Cc1cccc(F)c1)Nc1cccc(-c2[nH]ncc2CBr)c1. The first kappa shape index (κ1) is 16.4. The van der Waals surface area contributed by atoms with Gasteiger partial charge in [0.2, 0.25) is 5.91 Å². The minimum Gasteiger partial charge on any atom is -0.326 e. The van der Waals surface area contributed by atoms with Crippen molar-refractivity contribution in [2.45, 2.75) is 11.8 Å². The smallest absolute Gasteiger partial charge is 0.228 e. The zero-order valence-electron chi connectivity index (χ0n) is 12.7. The third-order valence-electron chi connectivity index (χ3n) is 3.55. The number of nitrogens with one attached hydrogen (secondary N) is 2. The molecule has 0 aliphatic rings. The van der Waals surface area contributed by atoms with Crippen LogP contribution in [0.15, 0.2) is 54.7 Å². The number of anilines is 1. The molecule has 24 heavy (non-hydrogen) atoms. The van der Waals surface area contributed by atoms with Crippen LogP contribution in [0, 0.1) is 5.82 Å².